The lowest BCUT2D eigenvalue weighted by Gasteiger charge is -2.32. The molecule has 0 spiro atoms. The molecular formula is C18H24N4OS. The van der Waals surface area contributed by atoms with Crippen LogP contribution in [0.4, 0.5) is 0 Å². The first-order chi connectivity index (χ1) is 11.8. The van der Waals surface area contributed by atoms with E-state index in [1.807, 2.05) is 11.8 Å². The van der Waals surface area contributed by atoms with Gasteiger partial charge in [0.2, 0.25) is 0 Å². The van der Waals surface area contributed by atoms with E-state index in [9.17, 15) is 0 Å². The minimum absolute atomic E-state index is 0.400. The van der Waals surface area contributed by atoms with Crippen molar-refractivity contribution in [2.24, 2.45) is 0 Å². The number of rotatable bonds is 4. The Hall–Kier alpha value is -1.53. The van der Waals surface area contributed by atoms with Crippen molar-refractivity contribution in [2.75, 3.05) is 12.9 Å². The maximum atomic E-state index is 5.42. The summed E-state index contributed by atoms with van der Waals surface area (Å²) < 4.78 is 7.52. The number of methoxy groups -OCH3 is 1. The molecule has 0 radical (unpaired) electrons. The molecule has 6 heteroatoms. The molecule has 2 aromatic rings. The first-order valence-corrected chi connectivity index (χ1v) is 9.74. The molecule has 1 N–H and O–H groups in total. The van der Waals surface area contributed by atoms with Crippen molar-refractivity contribution in [1.29, 1.82) is 0 Å². The Morgan fingerprint density at radius 2 is 2.29 bits per heavy atom. The van der Waals surface area contributed by atoms with Gasteiger partial charge in [-0.3, -0.25) is 0 Å². The number of fused-ring (bicyclic) bond motifs is 2. The van der Waals surface area contributed by atoms with Gasteiger partial charge in [0.1, 0.15) is 11.6 Å². The highest BCUT2D eigenvalue weighted by molar-refractivity contribution is 7.99. The molecular weight excluding hydrogens is 320 g/mol. The van der Waals surface area contributed by atoms with Gasteiger partial charge in [0.15, 0.2) is 5.82 Å². The molecule has 5 nitrogen and oxygen atoms in total. The van der Waals surface area contributed by atoms with Crippen LogP contribution in [0.25, 0.3) is 0 Å². The topological polar surface area (TPSA) is 52.0 Å². The number of hydrogen-bond acceptors (Lipinski definition) is 5. The fourth-order valence-electron chi connectivity index (χ4n) is 3.60. The van der Waals surface area contributed by atoms with Gasteiger partial charge in [0.05, 0.1) is 13.7 Å². The summed E-state index contributed by atoms with van der Waals surface area (Å²) >= 11 is 1.95. The summed E-state index contributed by atoms with van der Waals surface area (Å²) in [5.74, 6) is 4.22. The van der Waals surface area contributed by atoms with Crippen molar-refractivity contribution >= 4 is 11.8 Å². The molecule has 0 saturated carbocycles. The molecule has 4 rings (SSSR count). The van der Waals surface area contributed by atoms with Crippen LogP contribution < -0.4 is 10.1 Å². The lowest BCUT2D eigenvalue weighted by molar-refractivity contribution is 0.320. The highest BCUT2D eigenvalue weighted by Gasteiger charge is 2.27. The summed E-state index contributed by atoms with van der Waals surface area (Å²) in [4.78, 5) is 5.99. The zero-order chi connectivity index (χ0) is 16.5. The SMILES string of the molecule is CCc1nc2n(n1)C[C@@H](N[C@@H]1CCSc3ccc(OC)cc31)CC2. The Morgan fingerprint density at radius 1 is 1.38 bits per heavy atom. The van der Waals surface area contributed by atoms with Gasteiger partial charge >= 0.3 is 0 Å². The molecule has 0 bridgehead atoms. The summed E-state index contributed by atoms with van der Waals surface area (Å²) in [6.45, 7) is 3.03. The third-order valence-electron chi connectivity index (χ3n) is 4.91. The molecule has 1 aromatic heterocycles. The van der Waals surface area contributed by atoms with Gasteiger partial charge in [0.25, 0.3) is 0 Å². The van der Waals surface area contributed by atoms with Crippen molar-refractivity contribution in [1.82, 2.24) is 20.1 Å². The number of aromatic nitrogens is 3. The second kappa shape index (κ2) is 6.76. The standard InChI is InChI=1S/C18H24N4OS/c1-3-17-20-18-7-4-12(11-22(18)21-17)19-15-8-9-24-16-6-5-13(23-2)10-14(15)16/h5-6,10,12,15,19H,3-4,7-9,11H2,1-2H3/t12-,15+/m0/s1. The van der Waals surface area contributed by atoms with Crippen molar-refractivity contribution < 1.29 is 4.74 Å². The van der Waals surface area contributed by atoms with Crippen molar-refractivity contribution in [3.05, 3.63) is 35.4 Å². The summed E-state index contributed by atoms with van der Waals surface area (Å²) in [6, 6.07) is 7.30. The lowest BCUT2D eigenvalue weighted by Crippen LogP contribution is -2.40. The van der Waals surface area contributed by atoms with Crippen molar-refractivity contribution in [3.63, 3.8) is 0 Å². The largest absolute Gasteiger partial charge is 0.497 e. The molecule has 0 saturated heterocycles. The summed E-state index contributed by atoms with van der Waals surface area (Å²) in [6.07, 6.45) is 4.21. The Bertz CT molecular complexity index is 730. The number of aryl methyl sites for hydroxylation is 2. The van der Waals surface area contributed by atoms with E-state index in [4.69, 9.17) is 4.74 Å². The van der Waals surface area contributed by atoms with E-state index in [-0.39, 0.29) is 0 Å². The molecule has 0 amide bonds. The first-order valence-electron chi connectivity index (χ1n) is 8.76. The zero-order valence-electron chi connectivity index (χ0n) is 14.3. The van der Waals surface area contributed by atoms with E-state index in [2.05, 4.69) is 45.2 Å². The Morgan fingerprint density at radius 3 is 3.12 bits per heavy atom. The smallest absolute Gasteiger partial charge is 0.150 e. The molecule has 0 unspecified atom stereocenters. The molecule has 1 aromatic carbocycles. The van der Waals surface area contributed by atoms with E-state index in [1.165, 1.54) is 10.5 Å². The van der Waals surface area contributed by atoms with Crippen molar-refractivity contribution in [2.45, 2.75) is 56.1 Å². The minimum atomic E-state index is 0.400. The third kappa shape index (κ3) is 3.05. The van der Waals surface area contributed by atoms with Gasteiger partial charge in [-0.05, 0) is 42.4 Å². The van der Waals surface area contributed by atoms with E-state index >= 15 is 0 Å². The van der Waals surface area contributed by atoms with E-state index in [0.717, 1.165) is 55.4 Å². The number of nitrogens with zero attached hydrogens (tertiary/aromatic N) is 3. The molecule has 3 heterocycles. The monoisotopic (exact) mass is 344 g/mol. The van der Waals surface area contributed by atoms with Crippen molar-refractivity contribution in [3.8, 4) is 5.75 Å². The third-order valence-corrected chi connectivity index (χ3v) is 6.03. The van der Waals surface area contributed by atoms with Crippen LogP contribution in [0.15, 0.2) is 23.1 Å². The zero-order valence-corrected chi connectivity index (χ0v) is 15.1. The van der Waals surface area contributed by atoms with Gasteiger partial charge < -0.3 is 10.1 Å². The van der Waals surface area contributed by atoms with E-state index in [1.54, 1.807) is 7.11 Å². The maximum Gasteiger partial charge on any atom is 0.150 e. The number of nitrogens with one attached hydrogen (secondary N) is 1. The predicted octanol–water partition coefficient (Wildman–Crippen LogP) is 2.99. The van der Waals surface area contributed by atoms with E-state index < -0.39 is 0 Å². The average molecular weight is 344 g/mol. The number of benzene rings is 1. The Balaban J connectivity index is 1.51. The molecule has 128 valence electrons. The second-order valence-corrected chi connectivity index (χ2v) is 7.61. The van der Waals surface area contributed by atoms with Crippen LogP contribution in [0, 0.1) is 0 Å². The minimum Gasteiger partial charge on any atom is -0.497 e. The van der Waals surface area contributed by atoms with Gasteiger partial charge in [-0.25, -0.2) is 9.67 Å². The normalized spacial score (nSPS) is 22.8. The Kier molecular flexibility index (Phi) is 4.50. The fourth-order valence-corrected chi connectivity index (χ4v) is 4.71. The van der Waals surface area contributed by atoms with Gasteiger partial charge in [-0.2, -0.15) is 5.10 Å². The van der Waals surface area contributed by atoms with Crippen LogP contribution in [0.2, 0.25) is 0 Å². The van der Waals surface area contributed by atoms with Crippen LogP contribution in [-0.2, 0) is 19.4 Å². The Labute approximate surface area is 147 Å². The number of thioether (sulfide) groups is 1. The number of hydrogen-bond donors (Lipinski definition) is 1. The summed E-state index contributed by atoms with van der Waals surface area (Å²) in [5.41, 5.74) is 1.38. The van der Waals surface area contributed by atoms with Gasteiger partial charge in [-0.15, -0.1) is 11.8 Å². The molecule has 2 aliphatic rings. The second-order valence-electron chi connectivity index (χ2n) is 6.48. The van der Waals surface area contributed by atoms with Crippen LogP contribution >= 0.6 is 11.8 Å². The van der Waals surface area contributed by atoms with E-state index in [0.29, 0.717) is 12.1 Å². The van der Waals surface area contributed by atoms with Gasteiger partial charge in [-0.1, -0.05) is 6.92 Å². The number of ether oxygens (including phenoxy) is 1. The van der Waals surface area contributed by atoms with Crippen LogP contribution in [0.1, 0.15) is 43.0 Å². The molecule has 2 atom stereocenters. The highest BCUT2D eigenvalue weighted by Crippen LogP contribution is 2.38. The lowest BCUT2D eigenvalue weighted by atomic mass is 10.00. The van der Waals surface area contributed by atoms with Crippen LogP contribution in [0.5, 0.6) is 5.75 Å². The van der Waals surface area contributed by atoms with Crippen LogP contribution in [-0.4, -0.2) is 33.7 Å². The summed E-state index contributed by atoms with van der Waals surface area (Å²) in [7, 11) is 1.73. The average Bonchev–Trinajstić information content (AvgIpc) is 3.04. The van der Waals surface area contributed by atoms with Gasteiger partial charge in [0, 0.05) is 29.8 Å². The maximum absolute atomic E-state index is 5.42. The fraction of sp³-hybridized carbons (Fsp3) is 0.556. The predicted molar refractivity (Wildman–Crippen MR) is 95.7 cm³/mol. The molecule has 24 heavy (non-hydrogen) atoms. The molecule has 2 aliphatic heterocycles. The molecule has 0 aliphatic carbocycles. The molecule has 0 fully saturated rings. The quantitative estimate of drug-likeness (QED) is 0.924. The van der Waals surface area contributed by atoms with Crippen LogP contribution in [0.3, 0.4) is 0 Å². The first kappa shape index (κ1) is 16.0. The summed E-state index contributed by atoms with van der Waals surface area (Å²) in [5, 5.41) is 8.50. The highest BCUT2D eigenvalue weighted by atomic mass is 32.2.